The molecular weight excluding hydrogens is 371 g/mol. The van der Waals surface area contributed by atoms with E-state index in [1.807, 2.05) is 12.1 Å². The topological polar surface area (TPSA) is 0 Å². The first-order chi connectivity index (χ1) is 12.1. The quantitative estimate of drug-likeness (QED) is 0.201. The van der Waals surface area contributed by atoms with E-state index in [1.54, 1.807) is 0 Å². The minimum absolute atomic E-state index is 0.647. The van der Waals surface area contributed by atoms with Crippen molar-refractivity contribution in [1.82, 2.24) is 0 Å². The molecule has 1 aromatic carbocycles. The van der Waals surface area contributed by atoms with Gasteiger partial charge in [-0.15, -0.1) is 11.6 Å². The van der Waals surface area contributed by atoms with Crippen LogP contribution in [0.1, 0.15) is 89.5 Å². The molecule has 144 valence electrons. The first-order valence-corrected chi connectivity index (χ1v) is 11.4. The SMILES string of the molecule is CC(CCCCCCCCCCCCCCl)Cc1ccc(Cl)c(Cl)c1. The van der Waals surface area contributed by atoms with Crippen molar-refractivity contribution in [3.63, 3.8) is 0 Å². The Kier molecular flexibility index (Phi) is 14.0. The molecule has 0 aliphatic rings. The molecule has 0 aliphatic heterocycles. The van der Waals surface area contributed by atoms with Crippen LogP contribution in [0.25, 0.3) is 0 Å². The molecule has 0 aliphatic carbocycles. The van der Waals surface area contributed by atoms with Gasteiger partial charge in [0.25, 0.3) is 0 Å². The second kappa shape index (κ2) is 15.2. The highest BCUT2D eigenvalue weighted by molar-refractivity contribution is 6.42. The van der Waals surface area contributed by atoms with Gasteiger partial charge in [0.1, 0.15) is 0 Å². The molecule has 0 nitrogen and oxygen atoms in total. The molecule has 0 amide bonds. The van der Waals surface area contributed by atoms with Crippen LogP contribution < -0.4 is 0 Å². The summed E-state index contributed by atoms with van der Waals surface area (Å²) in [5.74, 6) is 1.54. The number of rotatable bonds is 15. The van der Waals surface area contributed by atoms with Gasteiger partial charge in [-0.25, -0.2) is 0 Å². The van der Waals surface area contributed by atoms with Gasteiger partial charge in [-0.05, 0) is 36.5 Å². The number of hydrogen-bond donors (Lipinski definition) is 0. The predicted octanol–water partition coefficient (Wildman–Crippen LogP) is 9.09. The minimum atomic E-state index is 0.647. The Labute approximate surface area is 170 Å². The Morgan fingerprint density at radius 2 is 1.24 bits per heavy atom. The summed E-state index contributed by atoms with van der Waals surface area (Å²) in [4.78, 5) is 0. The van der Waals surface area contributed by atoms with Crippen molar-refractivity contribution in [2.24, 2.45) is 5.92 Å². The van der Waals surface area contributed by atoms with Gasteiger partial charge < -0.3 is 0 Å². The minimum Gasteiger partial charge on any atom is -0.127 e. The summed E-state index contributed by atoms with van der Waals surface area (Å²) in [5, 5.41) is 1.32. The lowest BCUT2D eigenvalue weighted by molar-refractivity contribution is 0.477. The van der Waals surface area contributed by atoms with Crippen molar-refractivity contribution < 1.29 is 0 Å². The van der Waals surface area contributed by atoms with E-state index >= 15 is 0 Å². The molecule has 0 N–H and O–H groups in total. The maximum Gasteiger partial charge on any atom is 0.0595 e. The van der Waals surface area contributed by atoms with Crippen molar-refractivity contribution in [1.29, 1.82) is 0 Å². The van der Waals surface area contributed by atoms with E-state index in [9.17, 15) is 0 Å². The monoisotopic (exact) mass is 404 g/mol. The predicted molar refractivity (Wildman–Crippen MR) is 115 cm³/mol. The Bertz CT molecular complexity index is 445. The molecule has 0 heterocycles. The van der Waals surface area contributed by atoms with Crippen LogP contribution in [0.15, 0.2) is 18.2 Å². The molecule has 0 bridgehead atoms. The van der Waals surface area contributed by atoms with Crippen LogP contribution in [0.2, 0.25) is 10.0 Å². The second-order valence-electron chi connectivity index (χ2n) is 7.42. The molecule has 3 heteroatoms. The van der Waals surface area contributed by atoms with E-state index in [0.29, 0.717) is 16.0 Å². The highest BCUT2D eigenvalue weighted by Crippen LogP contribution is 2.25. The highest BCUT2D eigenvalue weighted by Gasteiger charge is 2.06. The number of unbranched alkanes of at least 4 members (excludes halogenated alkanes) is 10. The van der Waals surface area contributed by atoms with Gasteiger partial charge in [0, 0.05) is 5.88 Å². The van der Waals surface area contributed by atoms with E-state index in [-0.39, 0.29) is 0 Å². The third-order valence-corrected chi connectivity index (χ3v) is 5.91. The molecule has 0 aromatic heterocycles. The van der Waals surface area contributed by atoms with Gasteiger partial charge >= 0.3 is 0 Å². The molecule has 1 atom stereocenters. The third-order valence-electron chi connectivity index (χ3n) is 4.90. The zero-order chi connectivity index (χ0) is 18.3. The summed E-state index contributed by atoms with van der Waals surface area (Å²) in [5.41, 5.74) is 1.30. The van der Waals surface area contributed by atoms with Gasteiger partial charge in [-0.3, -0.25) is 0 Å². The number of benzene rings is 1. The molecule has 0 saturated carbocycles. The Balaban J connectivity index is 1.93. The van der Waals surface area contributed by atoms with Gasteiger partial charge in [-0.2, -0.15) is 0 Å². The zero-order valence-corrected chi connectivity index (χ0v) is 18.1. The van der Waals surface area contributed by atoms with Crippen molar-refractivity contribution in [2.45, 2.75) is 90.4 Å². The van der Waals surface area contributed by atoms with Crippen LogP contribution in [0.5, 0.6) is 0 Å². The van der Waals surface area contributed by atoms with Gasteiger partial charge in [0.15, 0.2) is 0 Å². The lowest BCUT2D eigenvalue weighted by Crippen LogP contribution is -2.00. The molecule has 0 fully saturated rings. The van der Waals surface area contributed by atoms with Crippen molar-refractivity contribution in [3.05, 3.63) is 33.8 Å². The summed E-state index contributed by atoms with van der Waals surface area (Å²) in [6.07, 6.45) is 17.4. The first-order valence-electron chi connectivity index (χ1n) is 10.1. The summed E-state index contributed by atoms with van der Waals surface area (Å²) >= 11 is 17.7. The maximum absolute atomic E-state index is 6.09. The standard InChI is InChI=1S/C22H35Cl3/c1-19(17-20-14-15-21(24)22(25)18-20)13-11-9-7-5-3-2-4-6-8-10-12-16-23/h14-15,18-19H,2-13,16-17H2,1H3. The van der Waals surface area contributed by atoms with Crippen molar-refractivity contribution in [2.75, 3.05) is 5.88 Å². The van der Waals surface area contributed by atoms with E-state index in [0.717, 1.165) is 12.3 Å². The van der Waals surface area contributed by atoms with Crippen LogP contribution in [-0.2, 0) is 6.42 Å². The van der Waals surface area contributed by atoms with E-state index in [1.165, 1.54) is 82.6 Å². The van der Waals surface area contributed by atoms with E-state index in [2.05, 4.69) is 13.0 Å². The summed E-state index contributed by atoms with van der Waals surface area (Å²) < 4.78 is 0. The average molecular weight is 406 g/mol. The third kappa shape index (κ3) is 12.2. The fraction of sp³-hybridized carbons (Fsp3) is 0.727. The summed E-state index contributed by atoms with van der Waals surface area (Å²) in [7, 11) is 0. The smallest absolute Gasteiger partial charge is 0.0595 e. The normalized spacial score (nSPS) is 12.5. The number of alkyl halides is 1. The van der Waals surface area contributed by atoms with Crippen LogP contribution in [0.3, 0.4) is 0 Å². The summed E-state index contributed by atoms with van der Waals surface area (Å²) in [6.45, 7) is 2.34. The van der Waals surface area contributed by atoms with Crippen LogP contribution in [-0.4, -0.2) is 5.88 Å². The molecule has 0 spiro atoms. The summed E-state index contributed by atoms with van der Waals surface area (Å²) in [6, 6.07) is 6.01. The lowest BCUT2D eigenvalue weighted by atomic mass is 9.95. The van der Waals surface area contributed by atoms with Crippen molar-refractivity contribution in [3.8, 4) is 0 Å². The first kappa shape index (κ1) is 23.1. The highest BCUT2D eigenvalue weighted by atomic mass is 35.5. The van der Waals surface area contributed by atoms with Gasteiger partial charge in [0.2, 0.25) is 0 Å². The molecular formula is C22H35Cl3. The van der Waals surface area contributed by atoms with E-state index in [4.69, 9.17) is 34.8 Å². The number of hydrogen-bond acceptors (Lipinski definition) is 0. The van der Waals surface area contributed by atoms with Gasteiger partial charge in [0.05, 0.1) is 10.0 Å². The maximum atomic E-state index is 6.09. The zero-order valence-electron chi connectivity index (χ0n) is 15.8. The Morgan fingerprint density at radius 3 is 1.76 bits per heavy atom. The molecule has 1 unspecified atom stereocenters. The van der Waals surface area contributed by atoms with Gasteiger partial charge in [-0.1, -0.05) is 107 Å². The fourth-order valence-electron chi connectivity index (χ4n) is 3.35. The lowest BCUT2D eigenvalue weighted by Gasteiger charge is -2.12. The molecule has 25 heavy (non-hydrogen) atoms. The second-order valence-corrected chi connectivity index (χ2v) is 8.62. The Morgan fingerprint density at radius 1 is 0.720 bits per heavy atom. The largest absolute Gasteiger partial charge is 0.127 e. The molecule has 0 radical (unpaired) electrons. The fourth-order valence-corrected chi connectivity index (χ4v) is 3.86. The molecule has 1 rings (SSSR count). The average Bonchev–Trinajstić information content (AvgIpc) is 2.59. The van der Waals surface area contributed by atoms with Crippen molar-refractivity contribution >= 4 is 34.8 Å². The van der Waals surface area contributed by atoms with Crippen LogP contribution in [0, 0.1) is 5.92 Å². The van der Waals surface area contributed by atoms with E-state index < -0.39 is 0 Å². The molecule has 1 aromatic rings. The van der Waals surface area contributed by atoms with Crippen LogP contribution in [0.4, 0.5) is 0 Å². The van der Waals surface area contributed by atoms with Crippen LogP contribution >= 0.6 is 34.8 Å². The number of halogens is 3. The Hall–Kier alpha value is 0.0900. The molecule has 0 saturated heterocycles.